The Labute approximate surface area is 171 Å². The predicted octanol–water partition coefficient (Wildman–Crippen LogP) is 2.78. The van der Waals surface area contributed by atoms with Gasteiger partial charge < -0.3 is 19.5 Å². The largest absolute Gasteiger partial charge is 0.465 e. The van der Waals surface area contributed by atoms with Crippen LogP contribution in [0.2, 0.25) is 0 Å². The van der Waals surface area contributed by atoms with Gasteiger partial charge in [-0.15, -0.1) is 11.8 Å². The van der Waals surface area contributed by atoms with Crippen molar-refractivity contribution in [1.82, 2.24) is 0 Å². The molecule has 152 valence electrons. The molecule has 0 unspecified atom stereocenters. The minimum Gasteiger partial charge on any atom is -0.465 e. The highest BCUT2D eigenvalue weighted by atomic mass is 32.2. The monoisotopic (exact) mass is 417 g/mol. The summed E-state index contributed by atoms with van der Waals surface area (Å²) < 4.78 is 14.3. The molecule has 2 aromatic rings. The van der Waals surface area contributed by atoms with Gasteiger partial charge in [0.1, 0.15) is 0 Å². The third-order valence-electron chi connectivity index (χ3n) is 3.78. The lowest BCUT2D eigenvalue weighted by atomic mass is 10.1. The number of anilines is 1. The summed E-state index contributed by atoms with van der Waals surface area (Å²) in [6.45, 7) is -0.577. The Balaban J connectivity index is 2.08. The number of thioether (sulfide) groups is 1. The van der Waals surface area contributed by atoms with Crippen LogP contribution in [0.5, 0.6) is 0 Å². The zero-order chi connectivity index (χ0) is 21.4. The topological polar surface area (TPSA) is 108 Å². The molecule has 29 heavy (non-hydrogen) atoms. The van der Waals surface area contributed by atoms with Gasteiger partial charge in [0, 0.05) is 4.90 Å². The highest BCUT2D eigenvalue weighted by Crippen LogP contribution is 2.20. The Morgan fingerprint density at radius 3 is 2.07 bits per heavy atom. The first-order valence-corrected chi connectivity index (χ1v) is 9.53. The van der Waals surface area contributed by atoms with Gasteiger partial charge in [0.15, 0.2) is 6.61 Å². The molecule has 0 saturated carbocycles. The Bertz CT molecular complexity index is 925. The van der Waals surface area contributed by atoms with Gasteiger partial charge in [-0.25, -0.2) is 14.4 Å². The molecule has 2 rings (SSSR count). The second-order valence-corrected chi connectivity index (χ2v) is 6.48. The van der Waals surface area contributed by atoms with E-state index in [0.717, 1.165) is 4.90 Å². The van der Waals surface area contributed by atoms with Crippen molar-refractivity contribution in [2.24, 2.45) is 0 Å². The molecule has 0 atom stereocenters. The second-order valence-electron chi connectivity index (χ2n) is 5.60. The standard InChI is InChI=1S/C20H19NO7S/c1-26-18(23)13-6-9-15(20(25)27-2)16(10-13)21-17(22)11-28-19(24)12-4-7-14(29-3)8-5-12/h4-10H,11H2,1-3H3,(H,21,22). The summed E-state index contributed by atoms with van der Waals surface area (Å²) in [5.41, 5.74) is 0.498. The fourth-order valence-electron chi connectivity index (χ4n) is 2.31. The molecule has 0 fully saturated rings. The Morgan fingerprint density at radius 2 is 1.48 bits per heavy atom. The zero-order valence-electron chi connectivity index (χ0n) is 16.0. The number of esters is 3. The van der Waals surface area contributed by atoms with E-state index in [4.69, 9.17) is 4.74 Å². The van der Waals surface area contributed by atoms with Crippen LogP contribution in [-0.2, 0) is 19.0 Å². The summed E-state index contributed by atoms with van der Waals surface area (Å²) in [4.78, 5) is 48.8. The molecule has 0 aliphatic heterocycles. The second kappa shape index (κ2) is 10.3. The van der Waals surface area contributed by atoms with Crippen LogP contribution >= 0.6 is 11.8 Å². The summed E-state index contributed by atoms with van der Waals surface area (Å²) in [7, 11) is 2.40. The highest BCUT2D eigenvalue weighted by molar-refractivity contribution is 7.98. The lowest BCUT2D eigenvalue weighted by Gasteiger charge is -2.12. The number of carbonyl (C=O) groups is 4. The molecule has 0 bridgehead atoms. The summed E-state index contributed by atoms with van der Waals surface area (Å²) >= 11 is 1.53. The number of hydrogen-bond donors (Lipinski definition) is 1. The van der Waals surface area contributed by atoms with Gasteiger partial charge >= 0.3 is 17.9 Å². The molecule has 1 N–H and O–H groups in total. The minimum absolute atomic E-state index is 0.0325. The van der Waals surface area contributed by atoms with E-state index in [0.29, 0.717) is 5.56 Å². The van der Waals surface area contributed by atoms with E-state index >= 15 is 0 Å². The molecule has 1 amide bonds. The van der Waals surface area contributed by atoms with Gasteiger partial charge in [0.25, 0.3) is 5.91 Å². The number of benzene rings is 2. The van der Waals surface area contributed by atoms with E-state index in [9.17, 15) is 19.2 Å². The molecular formula is C20H19NO7S. The number of amides is 1. The van der Waals surface area contributed by atoms with Crippen LogP contribution in [-0.4, -0.2) is 50.9 Å². The minimum atomic E-state index is -0.706. The van der Waals surface area contributed by atoms with Crippen LogP contribution in [0, 0.1) is 0 Å². The van der Waals surface area contributed by atoms with Crippen molar-refractivity contribution in [2.45, 2.75) is 4.90 Å². The Kier molecular flexibility index (Phi) is 7.79. The number of nitrogens with one attached hydrogen (secondary N) is 1. The molecule has 0 aliphatic carbocycles. The van der Waals surface area contributed by atoms with Gasteiger partial charge in [-0.3, -0.25) is 4.79 Å². The smallest absolute Gasteiger partial charge is 0.339 e. The van der Waals surface area contributed by atoms with E-state index in [1.54, 1.807) is 24.3 Å². The van der Waals surface area contributed by atoms with Crippen LogP contribution in [0.4, 0.5) is 5.69 Å². The van der Waals surface area contributed by atoms with Gasteiger partial charge in [0.05, 0.1) is 36.6 Å². The van der Waals surface area contributed by atoms with E-state index in [2.05, 4.69) is 14.8 Å². The van der Waals surface area contributed by atoms with E-state index in [1.165, 1.54) is 44.2 Å². The third-order valence-corrected chi connectivity index (χ3v) is 4.52. The van der Waals surface area contributed by atoms with Crippen molar-refractivity contribution in [3.8, 4) is 0 Å². The van der Waals surface area contributed by atoms with Crippen molar-refractivity contribution >= 4 is 41.3 Å². The van der Waals surface area contributed by atoms with Crippen molar-refractivity contribution in [3.05, 3.63) is 59.2 Å². The molecular weight excluding hydrogens is 398 g/mol. The van der Waals surface area contributed by atoms with Crippen molar-refractivity contribution < 1.29 is 33.4 Å². The highest BCUT2D eigenvalue weighted by Gasteiger charge is 2.18. The normalized spacial score (nSPS) is 10.0. The van der Waals surface area contributed by atoms with E-state index < -0.39 is 30.4 Å². The molecule has 0 saturated heterocycles. The van der Waals surface area contributed by atoms with Crippen LogP contribution in [0.25, 0.3) is 0 Å². The zero-order valence-corrected chi connectivity index (χ0v) is 16.8. The number of carbonyl (C=O) groups excluding carboxylic acids is 4. The van der Waals surface area contributed by atoms with Gasteiger partial charge in [-0.2, -0.15) is 0 Å². The Morgan fingerprint density at radius 1 is 0.862 bits per heavy atom. The maximum absolute atomic E-state index is 12.2. The van der Waals surface area contributed by atoms with Crippen molar-refractivity contribution in [3.63, 3.8) is 0 Å². The van der Waals surface area contributed by atoms with Gasteiger partial charge in [-0.1, -0.05) is 0 Å². The van der Waals surface area contributed by atoms with Crippen molar-refractivity contribution in [2.75, 3.05) is 32.4 Å². The Hall–Kier alpha value is -3.33. The molecule has 0 spiro atoms. The van der Waals surface area contributed by atoms with Crippen LogP contribution in [0.15, 0.2) is 47.4 Å². The molecule has 0 radical (unpaired) electrons. The van der Waals surface area contributed by atoms with Crippen LogP contribution in [0.3, 0.4) is 0 Å². The number of hydrogen-bond acceptors (Lipinski definition) is 8. The van der Waals surface area contributed by atoms with E-state index in [-0.39, 0.29) is 16.8 Å². The predicted molar refractivity (Wildman–Crippen MR) is 106 cm³/mol. The van der Waals surface area contributed by atoms with Crippen LogP contribution in [0.1, 0.15) is 31.1 Å². The first-order chi connectivity index (χ1) is 13.9. The fourth-order valence-corrected chi connectivity index (χ4v) is 2.72. The molecule has 0 aliphatic rings. The number of rotatable bonds is 7. The molecule has 2 aromatic carbocycles. The summed E-state index contributed by atoms with van der Waals surface area (Å²) in [6, 6.07) is 10.7. The average molecular weight is 417 g/mol. The molecule has 0 aromatic heterocycles. The third kappa shape index (κ3) is 5.82. The fraction of sp³-hybridized carbons (Fsp3) is 0.200. The van der Waals surface area contributed by atoms with Crippen LogP contribution < -0.4 is 5.32 Å². The summed E-state index contributed by atoms with van der Waals surface area (Å²) in [6.07, 6.45) is 1.91. The molecule has 8 nitrogen and oxygen atoms in total. The lowest BCUT2D eigenvalue weighted by molar-refractivity contribution is -0.119. The number of ether oxygens (including phenoxy) is 3. The van der Waals surface area contributed by atoms with Gasteiger partial charge in [0.2, 0.25) is 0 Å². The SMILES string of the molecule is COC(=O)c1ccc(C(=O)OC)c(NC(=O)COC(=O)c2ccc(SC)cc2)c1. The first kappa shape index (κ1) is 22.0. The van der Waals surface area contributed by atoms with E-state index in [1.807, 2.05) is 6.26 Å². The lowest BCUT2D eigenvalue weighted by Crippen LogP contribution is -2.22. The summed E-state index contributed by atoms with van der Waals surface area (Å²) in [5.74, 6) is -2.70. The number of methoxy groups -OCH3 is 2. The quantitative estimate of drug-likeness (QED) is 0.416. The molecule has 9 heteroatoms. The maximum Gasteiger partial charge on any atom is 0.339 e. The average Bonchev–Trinajstić information content (AvgIpc) is 2.76. The molecule has 0 heterocycles. The maximum atomic E-state index is 12.2. The summed E-state index contributed by atoms with van der Waals surface area (Å²) in [5, 5.41) is 2.44. The van der Waals surface area contributed by atoms with Gasteiger partial charge in [-0.05, 0) is 48.7 Å². The van der Waals surface area contributed by atoms with Crippen molar-refractivity contribution in [1.29, 1.82) is 0 Å². The first-order valence-electron chi connectivity index (χ1n) is 8.31.